The van der Waals surface area contributed by atoms with Gasteiger partial charge in [0.1, 0.15) is 11.3 Å². The highest BCUT2D eigenvalue weighted by Gasteiger charge is 2.35. The molecule has 248 valence electrons. The molecule has 2 aromatic carbocycles. The Balaban J connectivity index is 1.14. The lowest BCUT2D eigenvalue weighted by atomic mass is 9.89. The minimum atomic E-state index is 0.0566. The van der Waals surface area contributed by atoms with Crippen molar-refractivity contribution in [2.24, 2.45) is 18.9 Å². The molecule has 1 atom stereocenters. The Morgan fingerprint density at radius 3 is 2.54 bits per heavy atom. The molecule has 1 aliphatic carbocycles. The van der Waals surface area contributed by atoms with Gasteiger partial charge in [-0.05, 0) is 73.4 Å². The molecule has 5 aromatic rings. The third-order valence-electron chi connectivity index (χ3n) is 10.8. The number of piperidine rings is 1. The van der Waals surface area contributed by atoms with Crippen LogP contribution in [0.15, 0.2) is 60.8 Å². The largest absolute Gasteiger partial charge is 0.494 e. The lowest BCUT2D eigenvalue weighted by Gasteiger charge is -2.40. The number of rotatable bonds is 9. The van der Waals surface area contributed by atoms with E-state index in [1.807, 2.05) is 47.2 Å². The fourth-order valence-corrected chi connectivity index (χ4v) is 7.85. The van der Waals surface area contributed by atoms with Gasteiger partial charge in [0.15, 0.2) is 5.82 Å². The molecule has 1 saturated carbocycles. The van der Waals surface area contributed by atoms with E-state index < -0.39 is 0 Å². The highest BCUT2D eigenvalue weighted by Crippen LogP contribution is 2.41. The monoisotopic (exact) mass is 644 g/mol. The van der Waals surface area contributed by atoms with Gasteiger partial charge in [-0.15, -0.1) is 0 Å². The number of para-hydroxylation sites is 1. The minimum Gasteiger partial charge on any atom is -0.494 e. The van der Waals surface area contributed by atoms with E-state index in [-0.39, 0.29) is 17.7 Å². The summed E-state index contributed by atoms with van der Waals surface area (Å²) >= 11 is 0. The van der Waals surface area contributed by atoms with E-state index in [1.54, 1.807) is 13.3 Å². The number of hydrogen-bond acceptors (Lipinski definition) is 5. The first-order valence-electron chi connectivity index (χ1n) is 17.6. The van der Waals surface area contributed by atoms with Gasteiger partial charge in [0.2, 0.25) is 5.91 Å². The fraction of sp³-hybridized carbons (Fsp3) is 0.436. The lowest BCUT2D eigenvalue weighted by Crippen LogP contribution is -2.49. The Labute approximate surface area is 281 Å². The highest BCUT2D eigenvalue weighted by atomic mass is 16.5. The SMILES string of the molecule is CC[C@@H]1CCCN(C(=O)c2cc(OC)c3c(c2)nc(-c2cc4cccc(C5CN(C(=O)Cc6ccccn6)C5)c4n2CC2CC2)n3C)C1. The van der Waals surface area contributed by atoms with E-state index in [4.69, 9.17) is 9.72 Å². The zero-order chi connectivity index (χ0) is 32.9. The quantitative estimate of drug-likeness (QED) is 0.184. The molecule has 2 amide bonds. The molecule has 3 aromatic heterocycles. The molecule has 2 aliphatic heterocycles. The summed E-state index contributed by atoms with van der Waals surface area (Å²) in [6.07, 6.45) is 7.87. The van der Waals surface area contributed by atoms with Crippen LogP contribution in [0.2, 0.25) is 0 Å². The molecule has 8 rings (SSSR count). The molecule has 0 bridgehead atoms. The molecule has 0 spiro atoms. The van der Waals surface area contributed by atoms with E-state index in [0.29, 0.717) is 42.7 Å². The number of carbonyl (C=O) groups is 2. The zero-order valence-electron chi connectivity index (χ0n) is 28.2. The number of likely N-dealkylation sites (tertiary alicyclic amines) is 2. The van der Waals surface area contributed by atoms with Gasteiger partial charge in [-0.3, -0.25) is 14.6 Å². The van der Waals surface area contributed by atoms with Gasteiger partial charge in [-0.2, -0.15) is 0 Å². The number of methoxy groups -OCH3 is 1. The number of nitrogens with zero attached hydrogens (tertiary/aromatic N) is 6. The second kappa shape index (κ2) is 12.4. The average Bonchev–Trinajstić information content (AvgIpc) is 3.75. The molecule has 0 unspecified atom stereocenters. The van der Waals surface area contributed by atoms with E-state index >= 15 is 0 Å². The van der Waals surface area contributed by atoms with Crippen LogP contribution in [-0.4, -0.2) is 74.0 Å². The van der Waals surface area contributed by atoms with Crippen molar-refractivity contribution in [1.82, 2.24) is 28.9 Å². The summed E-state index contributed by atoms with van der Waals surface area (Å²) < 4.78 is 10.5. The van der Waals surface area contributed by atoms with Crippen LogP contribution in [0.25, 0.3) is 33.5 Å². The van der Waals surface area contributed by atoms with Crippen LogP contribution >= 0.6 is 0 Å². The standard InChI is InChI=1S/C39H44N6O3/c1-4-25-9-8-16-43(21-25)39(47)28-17-32-37(34(19-28)48-3)42(2)38(41-32)33-18-27-10-7-12-31(36(27)45(33)22-26-13-14-26)29-23-44(24-29)35(46)20-30-11-5-6-15-40-30/h5-7,10-12,15,17-19,25-26,29H,4,8-9,13-14,16,20-24H2,1-3H3/t25-/m1/s1. The number of benzene rings is 2. The van der Waals surface area contributed by atoms with Crippen LogP contribution in [0.3, 0.4) is 0 Å². The Morgan fingerprint density at radius 1 is 0.938 bits per heavy atom. The van der Waals surface area contributed by atoms with Crippen LogP contribution in [0, 0.1) is 11.8 Å². The van der Waals surface area contributed by atoms with Crippen molar-refractivity contribution in [2.45, 2.75) is 57.9 Å². The third-order valence-corrected chi connectivity index (χ3v) is 10.8. The number of hydrogen-bond donors (Lipinski definition) is 0. The van der Waals surface area contributed by atoms with Gasteiger partial charge in [-0.1, -0.05) is 37.6 Å². The topological polar surface area (TPSA) is 85.5 Å². The molecule has 5 heterocycles. The Hall–Kier alpha value is -4.66. The lowest BCUT2D eigenvalue weighted by molar-refractivity contribution is -0.134. The molecular formula is C39H44N6O3. The van der Waals surface area contributed by atoms with Crippen molar-refractivity contribution in [2.75, 3.05) is 33.3 Å². The van der Waals surface area contributed by atoms with E-state index in [1.165, 1.54) is 35.7 Å². The van der Waals surface area contributed by atoms with E-state index in [0.717, 1.165) is 60.7 Å². The summed E-state index contributed by atoms with van der Waals surface area (Å²) in [7, 11) is 3.71. The van der Waals surface area contributed by atoms with Gasteiger partial charge >= 0.3 is 0 Å². The number of fused-ring (bicyclic) bond motifs is 2. The summed E-state index contributed by atoms with van der Waals surface area (Å²) in [4.78, 5) is 40.3. The maximum Gasteiger partial charge on any atom is 0.254 e. The number of imidazole rings is 1. The summed E-state index contributed by atoms with van der Waals surface area (Å²) in [5, 5.41) is 1.19. The van der Waals surface area contributed by atoms with Crippen LogP contribution in [-0.2, 0) is 24.8 Å². The Bertz CT molecular complexity index is 2000. The maximum absolute atomic E-state index is 13.7. The van der Waals surface area contributed by atoms with Gasteiger partial charge in [0, 0.05) is 68.5 Å². The van der Waals surface area contributed by atoms with Crippen molar-refractivity contribution in [3.63, 3.8) is 0 Å². The summed E-state index contributed by atoms with van der Waals surface area (Å²) in [5.41, 5.74) is 6.70. The molecule has 0 radical (unpaired) electrons. The first-order chi connectivity index (χ1) is 23.4. The molecule has 9 heteroatoms. The Kier molecular flexibility index (Phi) is 7.93. The second-order valence-electron chi connectivity index (χ2n) is 14.1. The smallest absolute Gasteiger partial charge is 0.254 e. The molecule has 3 aliphatic rings. The van der Waals surface area contributed by atoms with Gasteiger partial charge in [0.05, 0.1) is 30.3 Å². The fourth-order valence-electron chi connectivity index (χ4n) is 7.85. The summed E-state index contributed by atoms with van der Waals surface area (Å²) in [6.45, 7) is 6.17. The molecular weight excluding hydrogens is 600 g/mol. The van der Waals surface area contributed by atoms with Crippen LogP contribution in [0.1, 0.15) is 66.6 Å². The summed E-state index contributed by atoms with van der Waals surface area (Å²) in [6, 6.07) is 18.4. The number of ether oxygens (including phenoxy) is 1. The number of aryl methyl sites for hydroxylation is 1. The first-order valence-corrected chi connectivity index (χ1v) is 17.6. The van der Waals surface area contributed by atoms with Crippen molar-refractivity contribution in [3.8, 4) is 17.3 Å². The minimum absolute atomic E-state index is 0.0566. The molecule has 48 heavy (non-hydrogen) atoms. The Morgan fingerprint density at radius 2 is 1.79 bits per heavy atom. The highest BCUT2D eigenvalue weighted by molar-refractivity contribution is 6.00. The van der Waals surface area contributed by atoms with Crippen LogP contribution in [0.5, 0.6) is 5.75 Å². The predicted molar refractivity (Wildman–Crippen MR) is 187 cm³/mol. The van der Waals surface area contributed by atoms with Crippen LogP contribution < -0.4 is 4.74 Å². The van der Waals surface area contributed by atoms with Crippen molar-refractivity contribution < 1.29 is 14.3 Å². The van der Waals surface area contributed by atoms with Gasteiger partial charge < -0.3 is 23.7 Å². The number of carbonyl (C=O) groups excluding carboxylic acids is 2. The first kappa shape index (κ1) is 30.7. The van der Waals surface area contributed by atoms with Crippen molar-refractivity contribution >= 4 is 33.8 Å². The van der Waals surface area contributed by atoms with Gasteiger partial charge in [-0.25, -0.2) is 4.98 Å². The average molecular weight is 645 g/mol. The zero-order valence-corrected chi connectivity index (χ0v) is 28.2. The molecule has 3 fully saturated rings. The van der Waals surface area contributed by atoms with E-state index in [2.05, 4.69) is 45.3 Å². The maximum atomic E-state index is 13.7. The number of pyridine rings is 1. The van der Waals surface area contributed by atoms with Gasteiger partial charge in [0.25, 0.3) is 5.91 Å². The normalized spacial score (nSPS) is 18.4. The van der Waals surface area contributed by atoms with Crippen molar-refractivity contribution in [1.29, 1.82) is 0 Å². The number of aromatic nitrogens is 4. The summed E-state index contributed by atoms with van der Waals surface area (Å²) in [5.74, 6) is 3.19. The number of amides is 2. The van der Waals surface area contributed by atoms with E-state index in [9.17, 15) is 9.59 Å². The van der Waals surface area contributed by atoms with Crippen molar-refractivity contribution in [3.05, 3.63) is 77.6 Å². The van der Waals surface area contributed by atoms with Crippen LogP contribution in [0.4, 0.5) is 0 Å². The predicted octanol–water partition coefficient (Wildman–Crippen LogP) is 6.44. The molecule has 0 N–H and O–H groups in total. The second-order valence-corrected chi connectivity index (χ2v) is 14.1. The molecule has 9 nitrogen and oxygen atoms in total. The third kappa shape index (κ3) is 5.53. The molecule has 2 saturated heterocycles.